The number of rotatable bonds is 49. The number of carbonyl (C=O) groups excluding carboxylic acids is 2. The summed E-state index contributed by atoms with van der Waals surface area (Å²) >= 11 is 0. The summed E-state index contributed by atoms with van der Waals surface area (Å²) in [6.07, 6.45) is 65.6. The van der Waals surface area contributed by atoms with Gasteiger partial charge in [-0.05, 0) is 96.0 Å². The Bertz CT molecular complexity index is 1520. The minimum Gasteiger partial charge on any atom is -0.456 e. The lowest BCUT2D eigenvalue weighted by atomic mass is 10.1. The van der Waals surface area contributed by atoms with Gasteiger partial charge in [-0.3, -0.25) is 18.6 Å². The van der Waals surface area contributed by atoms with Crippen LogP contribution in [0, 0.1) is 0 Å². The number of carbonyl (C=O) groups is 2. The fourth-order valence-corrected chi connectivity index (χ4v) is 8.17. The summed E-state index contributed by atoms with van der Waals surface area (Å²) in [7, 11) is 1.43. The molecule has 10 heteroatoms. The molecule has 0 heterocycles. The second-order valence-electron chi connectivity index (χ2n) is 19.8. The number of hydrogen-bond donors (Lipinski definition) is 2. The molecule has 0 aliphatic rings. The van der Waals surface area contributed by atoms with E-state index in [2.05, 4.69) is 111 Å². The number of allylic oxidation sites excluding steroid dienone is 15. The van der Waals surface area contributed by atoms with Gasteiger partial charge in [-0.15, -0.1) is 0 Å². The van der Waals surface area contributed by atoms with Crippen molar-refractivity contribution in [3.8, 4) is 0 Å². The Morgan fingerprint density at radius 1 is 0.529 bits per heavy atom. The molecule has 2 N–H and O–H groups in total. The molecule has 0 aromatic rings. The van der Waals surface area contributed by atoms with Crippen LogP contribution in [-0.4, -0.2) is 74.3 Å². The Hall–Kier alpha value is -3.07. The van der Waals surface area contributed by atoms with Gasteiger partial charge >= 0.3 is 13.8 Å². The molecular formula is C60H106N2O7P+. The van der Waals surface area contributed by atoms with Crippen LogP contribution in [0.3, 0.4) is 0 Å². The summed E-state index contributed by atoms with van der Waals surface area (Å²) in [6, 6.07) is -0.889. The number of phosphoric ester groups is 1. The largest absolute Gasteiger partial charge is 0.472 e. The van der Waals surface area contributed by atoms with Crippen LogP contribution in [0.4, 0.5) is 0 Å². The van der Waals surface area contributed by atoms with Crippen molar-refractivity contribution >= 4 is 19.7 Å². The van der Waals surface area contributed by atoms with Gasteiger partial charge in [0.1, 0.15) is 19.3 Å². The summed E-state index contributed by atoms with van der Waals surface area (Å²) in [5, 5.41) is 3.01. The zero-order valence-corrected chi connectivity index (χ0v) is 46.6. The summed E-state index contributed by atoms with van der Waals surface area (Å²) in [6.45, 7) is 6.80. The quantitative estimate of drug-likeness (QED) is 0.0156. The van der Waals surface area contributed by atoms with Gasteiger partial charge in [0.05, 0.1) is 33.8 Å². The molecule has 0 saturated carbocycles. The first-order valence-electron chi connectivity index (χ1n) is 28.1. The topological polar surface area (TPSA) is 111 Å². The van der Waals surface area contributed by atoms with Gasteiger partial charge in [-0.25, -0.2) is 4.57 Å². The molecule has 3 unspecified atom stereocenters. The first kappa shape index (κ1) is 66.9. The number of nitrogens with zero attached hydrogens (tertiary/aromatic N) is 1. The van der Waals surface area contributed by atoms with E-state index in [1.54, 1.807) is 0 Å². The monoisotopic (exact) mass is 998 g/mol. The van der Waals surface area contributed by atoms with Gasteiger partial charge in [0.2, 0.25) is 5.91 Å². The highest BCUT2D eigenvalue weighted by Gasteiger charge is 2.30. The minimum absolute atomic E-state index is 0.0218. The predicted molar refractivity (Wildman–Crippen MR) is 300 cm³/mol. The standard InChI is InChI=1S/C60H105N2O7P/c1-7-10-13-16-19-22-25-27-29-31-33-35-38-41-44-47-50-53-60(64)69-58(51-48-45-42-39-36-24-21-18-15-12-9-3)57(56-68-70(65,66)67-55-54-62(4,5)6)61-59(63)52-49-46-43-40-37-34-32-30-28-26-23-20-17-14-11-8-2/h10,13,19,22,27,29-30,32-35,37,41,44,48,51,57-58H,7-9,11-12,14-18,20-21,23-26,28,31,36,38-40,42-43,45-47,49-50,52-56H2,1-6H3,(H-,61,63,65,66)/p+1/b13-10-,22-19-,29-27-,32-30+,35-33-,37-34+,44-41-,51-48+. The van der Waals surface area contributed by atoms with E-state index in [-0.39, 0.29) is 32.0 Å². The van der Waals surface area contributed by atoms with Crippen molar-refractivity contribution in [2.45, 2.75) is 232 Å². The van der Waals surface area contributed by atoms with Gasteiger partial charge in [-0.2, -0.15) is 0 Å². The van der Waals surface area contributed by atoms with Crippen molar-refractivity contribution < 1.29 is 37.3 Å². The number of likely N-dealkylation sites (N-methyl/N-ethyl adjacent to an activating group) is 1. The predicted octanol–water partition coefficient (Wildman–Crippen LogP) is 16.8. The number of quaternary nitrogens is 1. The van der Waals surface area contributed by atoms with Crippen molar-refractivity contribution in [2.24, 2.45) is 0 Å². The molecule has 0 saturated heterocycles. The Labute approximate surface area is 430 Å². The Morgan fingerprint density at radius 2 is 0.971 bits per heavy atom. The molecule has 0 spiro atoms. The van der Waals surface area contributed by atoms with Gasteiger partial charge in [0.25, 0.3) is 0 Å². The van der Waals surface area contributed by atoms with Crippen LogP contribution in [-0.2, 0) is 27.9 Å². The molecule has 3 atom stereocenters. The second-order valence-corrected chi connectivity index (χ2v) is 21.2. The number of ether oxygens (including phenoxy) is 1. The molecule has 0 radical (unpaired) electrons. The zero-order valence-electron chi connectivity index (χ0n) is 45.7. The molecule has 0 fully saturated rings. The molecule has 0 aliphatic carbocycles. The fraction of sp³-hybridized carbons (Fsp3) is 0.700. The van der Waals surface area contributed by atoms with E-state index in [1.807, 2.05) is 33.3 Å². The van der Waals surface area contributed by atoms with Gasteiger partial charge in [0.15, 0.2) is 0 Å². The van der Waals surface area contributed by atoms with Crippen LogP contribution < -0.4 is 5.32 Å². The first-order chi connectivity index (χ1) is 33.9. The normalized spacial score (nSPS) is 14.6. The molecule has 0 aromatic heterocycles. The van der Waals surface area contributed by atoms with E-state index in [9.17, 15) is 19.0 Å². The number of hydrogen-bond acceptors (Lipinski definition) is 6. The van der Waals surface area contributed by atoms with E-state index >= 15 is 0 Å². The molecule has 402 valence electrons. The van der Waals surface area contributed by atoms with Crippen molar-refractivity contribution in [2.75, 3.05) is 40.9 Å². The molecule has 70 heavy (non-hydrogen) atoms. The Balaban J connectivity index is 5.49. The zero-order chi connectivity index (χ0) is 51.5. The minimum atomic E-state index is -4.47. The second kappa shape index (κ2) is 49.5. The summed E-state index contributed by atoms with van der Waals surface area (Å²) in [5.74, 6) is -0.612. The number of unbranched alkanes of at least 4 members (excludes halogenated alkanes) is 20. The van der Waals surface area contributed by atoms with E-state index in [0.29, 0.717) is 23.9 Å². The summed E-state index contributed by atoms with van der Waals surface area (Å²) in [4.78, 5) is 37.5. The van der Waals surface area contributed by atoms with E-state index in [1.165, 1.54) is 89.9 Å². The number of phosphoric acid groups is 1. The van der Waals surface area contributed by atoms with Crippen LogP contribution in [0.2, 0.25) is 0 Å². The van der Waals surface area contributed by atoms with Crippen LogP contribution in [0.15, 0.2) is 97.2 Å². The van der Waals surface area contributed by atoms with Crippen molar-refractivity contribution in [1.29, 1.82) is 0 Å². The molecule has 0 aromatic carbocycles. The smallest absolute Gasteiger partial charge is 0.456 e. The molecule has 0 rings (SSSR count). The third-order valence-electron chi connectivity index (χ3n) is 11.8. The maximum atomic E-state index is 13.5. The van der Waals surface area contributed by atoms with Gasteiger partial charge in [0, 0.05) is 12.8 Å². The lowest BCUT2D eigenvalue weighted by Gasteiger charge is -2.27. The van der Waals surface area contributed by atoms with Crippen molar-refractivity contribution in [3.05, 3.63) is 97.2 Å². The number of esters is 1. The first-order valence-corrected chi connectivity index (χ1v) is 29.6. The molecule has 0 aliphatic heterocycles. The van der Waals surface area contributed by atoms with Gasteiger partial charge in [-0.1, -0.05) is 208 Å². The molecule has 1 amide bonds. The third-order valence-corrected chi connectivity index (χ3v) is 12.8. The van der Waals surface area contributed by atoms with E-state index < -0.39 is 25.9 Å². The maximum Gasteiger partial charge on any atom is 0.472 e. The maximum absolute atomic E-state index is 13.5. The number of amides is 1. The third kappa shape index (κ3) is 49.9. The van der Waals surface area contributed by atoms with Gasteiger partial charge < -0.3 is 19.4 Å². The molecular weight excluding hydrogens is 892 g/mol. The van der Waals surface area contributed by atoms with Crippen LogP contribution in [0.25, 0.3) is 0 Å². The highest BCUT2D eigenvalue weighted by Crippen LogP contribution is 2.43. The van der Waals surface area contributed by atoms with Crippen LogP contribution in [0.1, 0.15) is 220 Å². The van der Waals surface area contributed by atoms with Crippen molar-refractivity contribution in [1.82, 2.24) is 5.32 Å². The lowest BCUT2D eigenvalue weighted by Crippen LogP contribution is -2.47. The van der Waals surface area contributed by atoms with E-state index in [0.717, 1.165) is 83.5 Å². The molecule has 9 nitrogen and oxygen atoms in total. The number of nitrogens with one attached hydrogen (secondary N) is 1. The fourth-order valence-electron chi connectivity index (χ4n) is 7.44. The summed E-state index contributed by atoms with van der Waals surface area (Å²) < 4.78 is 30.5. The Kier molecular flexibility index (Phi) is 47.3. The average molecular weight is 998 g/mol. The van der Waals surface area contributed by atoms with Crippen molar-refractivity contribution in [3.63, 3.8) is 0 Å². The Morgan fingerprint density at radius 3 is 1.47 bits per heavy atom. The lowest BCUT2D eigenvalue weighted by molar-refractivity contribution is -0.870. The molecule has 0 bridgehead atoms. The van der Waals surface area contributed by atoms with Crippen LogP contribution in [0.5, 0.6) is 0 Å². The highest BCUT2D eigenvalue weighted by atomic mass is 31.2. The summed E-state index contributed by atoms with van der Waals surface area (Å²) in [5.41, 5.74) is 0. The SMILES string of the molecule is CC/C=C\C/C=C\C/C=C\C/C=C\C/C=C\CCCC(=O)OC(/C=C/CCCCCCCCCCC)C(COP(=O)(O)OCC[N+](C)(C)C)NC(=O)CCCCC/C=C/C=C/CCCCCCCCC. The highest BCUT2D eigenvalue weighted by molar-refractivity contribution is 7.47. The van der Waals surface area contributed by atoms with E-state index in [4.69, 9.17) is 13.8 Å². The average Bonchev–Trinajstić information content (AvgIpc) is 3.32. The van der Waals surface area contributed by atoms with Crippen LogP contribution >= 0.6 is 7.82 Å².